The number of ether oxygens (including phenoxy) is 1. The Hall–Kier alpha value is -2.93. The van der Waals surface area contributed by atoms with Gasteiger partial charge < -0.3 is 15.4 Å². The summed E-state index contributed by atoms with van der Waals surface area (Å²) in [5.41, 5.74) is 10.8. The molecule has 1 saturated heterocycles. The SMILES string of the molecule is C=C1Cc2c(N)nc(OCCCC)nc2N(Cc2cccc(CN3CCC(C(C)=O)CC3)c2)C1. The summed E-state index contributed by atoms with van der Waals surface area (Å²) in [5, 5.41) is 0. The standard InChI is InChI=1S/C27H37N5O2/c1-4-5-13-34-27-29-25(28)24-14-19(2)16-32(26(24)30-27)18-22-8-6-7-21(15-22)17-31-11-9-23(10-12-31)20(3)33/h6-8,15,23H,2,4-5,9-14,16-18H2,1,3H3,(H2,28,29,30). The molecule has 0 amide bonds. The molecular weight excluding hydrogens is 426 g/mol. The molecule has 1 aromatic carbocycles. The number of carbonyl (C=O) groups is 1. The first-order chi connectivity index (χ1) is 16.4. The van der Waals surface area contributed by atoms with Gasteiger partial charge in [-0.1, -0.05) is 49.8 Å². The largest absolute Gasteiger partial charge is 0.463 e. The van der Waals surface area contributed by atoms with Crippen molar-refractivity contribution in [1.29, 1.82) is 0 Å². The van der Waals surface area contributed by atoms with Crippen molar-refractivity contribution in [3.05, 3.63) is 53.1 Å². The topological polar surface area (TPSA) is 84.6 Å². The number of likely N-dealkylation sites (tertiary alicyclic amines) is 1. The van der Waals surface area contributed by atoms with Gasteiger partial charge in [-0.05, 0) is 50.4 Å². The molecule has 0 atom stereocenters. The molecule has 182 valence electrons. The molecule has 7 nitrogen and oxygen atoms in total. The second kappa shape index (κ2) is 11.0. The first-order valence-electron chi connectivity index (χ1n) is 12.4. The first-order valence-corrected chi connectivity index (χ1v) is 12.4. The third kappa shape index (κ3) is 5.95. The van der Waals surface area contributed by atoms with Crippen LogP contribution in [-0.2, 0) is 24.3 Å². The fourth-order valence-corrected chi connectivity index (χ4v) is 4.86. The number of unbranched alkanes of at least 4 members (excludes halogenated alkanes) is 1. The maximum Gasteiger partial charge on any atom is 0.320 e. The Morgan fingerprint density at radius 3 is 2.65 bits per heavy atom. The van der Waals surface area contributed by atoms with E-state index in [0.29, 0.717) is 30.6 Å². The molecule has 2 aliphatic rings. The molecule has 4 rings (SSSR count). The number of anilines is 2. The van der Waals surface area contributed by atoms with Gasteiger partial charge in [0, 0.05) is 37.5 Å². The molecule has 0 saturated carbocycles. The zero-order valence-electron chi connectivity index (χ0n) is 20.6. The van der Waals surface area contributed by atoms with E-state index in [0.717, 1.165) is 75.4 Å². The monoisotopic (exact) mass is 463 g/mol. The number of benzene rings is 1. The molecule has 0 unspecified atom stereocenters. The van der Waals surface area contributed by atoms with Gasteiger partial charge in [-0.15, -0.1) is 0 Å². The highest BCUT2D eigenvalue weighted by atomic mass is 16.5. The van der Waals surface area contributed by atoms with Crippen molar-refractivity contribution in [2.24, 2.45) is 5.92 Å². The van der Waals surface area contributed by atoms with Crippen LogP contribution < -0.4 is 15.4 Å². The lowest BCUT2D eigenvalue weighted by Crippen LogP contribution is -2.35. The Bertz CT molecular complexity index is 1030. The number of rotatable bonds is 9. The highest BCUT2D eigenvalue weighted by Crippen LogP contribution is 2.33. The molecule has 2 N–H and O–H groups in total. The second-order valence-electron chi connectivity index (χ2n) is 9.66. The minimum Gasteiger partial charge on any atom is -0.463 e. The lowest BCUT2D eigenvalue weighted by atomic mass is 9.93. The summed E-state index contributed by atoms with van der Waals surface area (Å²) in [6.07, 6.45) is 4.64. The molecule has 0 radical (unpaired) electrons. The van der Waals surface area contributed by atoms with Crippen molar-refractivity contribution in [1.82, 2.24) is 14.9 Å². The van der Waals surface area contributed by atoms with Crippen LogP contribution in [0.4, 0.5) is 11.6 Å². The number of piperidine rings is 1. The van der Waals surface area contributed by atoms with Crippen molar-refractivity contribution in [3.8, 4) is 6.01 Å². The molecule has 1 aromatic heterocycles. The minimum atomic E-state index is 0.236. The predicted octanol–water partition coefficient (Wildman–Crippen LogP) is 4.16. The average molecular weight is 464 g/mol. The Morgan fingerprint density at radius 2 is 1.94 bits per heavy atom. The van der Waals surface area contributed by atoms with Crippen molar-refractivity contribution in [2.75, 3.05) is 36.9 Å². The first kappa shape index (κ1) is 24.2. The Kier molecular flexibility index (Phi) is 7.83. The van der Waals surface area contributed by atoms with Crippen LogP contribution >= 0.6 is 0 Å². The quantitative estimate of drug-likeness (QED) is 0.441. The summed E-state index contributed by atoms with van der Waals surface area (Å²) in [6, 6.07) is 9.09. The Labute approximate surface area is 203 Å². The highest BCUT2D eigenvalue weighted by molar-refractivity contribution is 5.78. The Morgan fingerprint density at radius 1 is 1.21 bits per heavy atom. The van der Waals surface area contributed by atoms with Crippen LogP contribution in [0.2, 0.25) is 0 Å². The maximum absolute atomic E-state index is 11.7. The zero-order chi connectivity index (χ0) is 24.1. The van der Waals surface area contributed by atoms with Gasteiger partial charge in [-0.3, -0.25) is 9.69 Å². The molecule has 0 bridgehead atoms. The summed E-state index contributed by atoms with van der Waals surface area (Å²) in [5.74, 6) is 1.89. The number of hydrogen-bond acceptors (Lipinski definition) is 7. The van der Waals surface area contributed by atoms with E-state index in [-0.39, 0.29) is 5.92 Å². The lowest BCUT2D eigenvalue weighted by molar-refractivity contribution is -0.122. The summed E-state index contributed by atoms with van der Waals surface area (Å²) in [6.45, 7) is 13.0. The van der Waals surface area contributed by atoms with E-state index < -0.39 is 0 Å². The minimum absolute atomic E-state index is 0.236. The second-order valence-corrected chi connectivity index (χ2v) is 9.66. The summed E-state index contributed by atoms with van der Waals surface area (Å²) in [7, 11) is 0. The highest BCUT2D eigenvalue weighted by Gasteiger charge is 2.26. The molecule has 0 spiro atoms. The number of nitrogen functional groups attached to an aromatic ring is 1. The molecule has 34 heavy (non-hydrogen) atoms. The van der Waals surface area contributed by atoms with E-state index in [1.807, 2.05) is 0 Å². The number of aromatic nitrogens is 2. The van der Waals surface area contributed by atoms with Crippen LogP contribution in [0.3, 0.4) is 0 Å². The van der Waals surface area contributed by atoms with Gasteiger partial charge in [-0.2, -0.15) is 9.97 Å². The van der Waals surface area contributed by atoms with Gasteiger partial charge in [0.15, 0.2) is 0 Å². The molecular formula is C27H37N5O2. The third-order valence-corrected chi connectivity index (χ3v) is 6.80. The maximum atomic E-state index is 11.7. The number of nitrogens with two attached hydrogens (primary N) is 1. The molecule has 7 heteroatoms. The van der Waals surface area contributed by atoms with Crippen molar-refractivity contribution in [3.63, 3.8) is 0 Å². The molecule has 0 aliphatic carbocycles. The zero-order valence-corrected chi connectivity index (χ0v) is 20.6. The van der Waals surface area contributed by atoms with E-state index in [1.165, 1.54) is 11.1 Å². The van der Waals surface area contributed by atoms with Crippen molar-refractivity contribution >= 4 is 17.4 Å². The number of carbonyl (C=O) groups excluding carboxylic acids is 1. The number of Topliss-reactive ketones (excluding diaryl/α,β-unsaturated/α-hetero) is 1. The number of hydrogen-bond donors (Lipinski definition) is 1. The van der Waals surface area contributed by atoms with Gasteiger partial charge in [-0.25, -0.2) is 0 Å². The van der Waals surface area contributed by atoms with Gasteiger partial charge in [0.2, 0.25) is 0 Å². The van der Waals surface area contributed by atoms with Gasteiger partial charge in [0.1, 0.15) is 17.4 Å². The van der Waals surface area contributed by atoms with E-state index >= 15 is 0 Å². The van der Waals surface area contributed by atoms with Crippen LogP contribution in [-0.4, -0.2) is 46.9 Å². The summed E-state index contributed by atoms with van der Waals surface area (Å²) in [4.78, 5) is 25.4. The molecule has 3 heterocycles. The van der Waals surface area contributed by atoms with Crippen LogP contribution in [0, 0.1) is 5.92 Å². The lowest BCUT2D eigenvalue weighted by Gasteiger charge is -2.32. The average Bonchev–Trinajstić information content (AvgIpc) is 2.81. The van der Waals surface area contributed by atoms with Crippen LogP contribution in [0.25, 0.3) is 0 Å². The van der Waals surface area contributed by atoms with E-state index in [4.69, 9.17) is 15.5 Å². The molecule has 2 aliphatic heterocycles. The van der Waals surface area contributed by atoms with Crippen molar-refractivity contribution < 1.29 is 9.53 Å². The van der Waals surface area contributed by atoms with Gasteiger partial charge in [0.05, 0.1) is 6.61 Å². The fraction of sp³-hybridized carbons (Fsp3) is 0.519. The van der Waals surface area contributed by atoms with Crippen LogP contribution in [0.5, 0.6) is 6.01 Å². The van der Waals surface area contributed by atoms with Crippen LogP contribution in [0.1, 0.15) is 56.2 Å². The summed E-state index contributed by atoms with van der Waals surface area (Å²) >= 11 is 0. The van der Waals surface area contributed by atoms with E-state index in [1.54, 1.807) is 6.92 Å². The number of nitrogens with zero attached hydrogens (tertiary/aromatic N) is 4. The fourth-order valence-electron chi connectivity index (χ4n) is 4.86. The normalized spacial score (nSPS) is 17.0. The smallest absolute Gasteiger partial charge is 0.320 e. The van der Waals surface area contributed by atoms with E-state index in [9.17, 15) is 4.79 Å². The van der Waals surface area contributed by atoms with Crippen molar-refractivity contribution in [2.45, 2.75) is 59.0 Å². The Balaban J connectivity index is 1.47. The third-order valence-electron chi connectivity index (χ3n) is 6.80. The summed E-state index contributed by atoms with van der Waals surface area (Å²) < 4.78 is 5.77. The molecule has 2 aromatic rings. The van der Waals surface area contributed by atoms with Gasteiger partial charge >= 0.3 is 6.01 Å². The number of ketones is 1. The molecule has 1 fully saturated rings. The van der Waals surface area contributed by atoms with E-state index in [2.05, 4.69) is 52.6 Å². The van der Waals surface area contributed by atoms with Crippen LogP contribution in [0.15, 0.2) is 36.4 Å². The predicted molar refractivity (Wildman–Crippen MR) is 136 cm³/mol. The number of fused-ring (bicyclic) bond motifs is 1. The van der Waals surface area contributed by atoms with Gasteiger partial charge in [0.25, 0.3) is 0 Å².